The Morgan fingerprint density at radius 3 is 2.21 bits per heavy atom. The summed E-state index contributed by atoms with van der Waals surface area (Å²) in [6.07, 6.45) is 0.952. The molecule has 1 saturated heterocycles. The zero-order valence-electron chi connectivity index (χ0n) is 8.63. The third kappa shape index (κ3) is 1.46. The molecular formula is C12H15NO. The van der Waals surface area contributed by atoms with E-state index in [1.54, 1.807) is 0 Å². The maximum Gasteiger partial charge on any atom is 0.150 e. The summed E-state index contributed by atoms with van der Waals surface area (Å²) in [4.78, 5) is 10.8. The molecule has 0 amide bonds. The highest BCUT2D eigenvalue weighted by Gasteiger charge is 2.19. The van der Waals surface area contributed by atoms with Crippen molar-refractivity contribution in [3.05, 3.63) is 34.4 Å². The Labute approximate surface area is 84.3 Å². The van der Waals surface area contributed by atoms with Crippen molar-refractivity contribution in [2.75, 3.05) is 13.1 Å². The molecule has 0 bridgehead atoms. The molecule has 74 valence electrons. The van der Waals surface area contributed by atoms with Gasteiger partial charge >= 0.3 is 0 Å². The van der Waals surface area contributed by atoms with Crippen LogP contribution in [-0.4, -0.2) is 19.4 Å². The minimum absolute atomic E-state index is 0.646. The summed E-state index contributed by atoms with van der Waals surface area (Å²) in [5, 5.41) is 3.26. The summed E-state index contributed by atoms with van der Waals surface area (Å²) in [7, 11) is 0. The van der Waals surface area contributed by atoms with E-state index in [4.69, 9.17) is 0 Å². The summed E-state index contributed by atoms with van der Waals surface area (Å²) in [6, 6.07) is 4.28. The minimum atomic E-state index is 0.646. The van der Waals surface area contributed by atoms with Gasteiger partial charge in [-0.2, -0.15) is 0 Å². The van der Waals surface area contributed by atoms with Crippen molar-refractivity contribution in [1.82, 2.24) is 5.32 Å². The van der Waals surface area contributed by atoms with Gasteiger partial charge in [-0.3, -0.25) is 4.79 Å². The highest BCUT2D eigenvalue weighted by molar-refractivity contribution is 5.79. The van der Waals surface area contributed by atoms with Gasteiger partial charge in [0.25, 0.3) is 0 Å². The molecule has 1 aromatic rings. The Balaban J connectivity index is 2.40. The van der Waals surface area contributed by atoms with E-state index in [1.807, 2.05) is 13.8 Å². The topological polar surface area (TPSA) is 29.1 Å². The fourth-order valence-electron chi connectivity index (χ4n) is 1.95. The van der Waals surface area contributed by atoms with Gasteiger partial charge in [0.15, 0.2) is 6.29 Å². The molecule has 0 aliphatic carbocycles. The molecule has 0 saturated carbocycles. The van der Waals surface area contributed by atoms with E-state index in [9.17, 15) is 4.79 Å². The minimum Gasteiger partial charge on any atom is -0.315 e. The van der Waals surface area contributed by atoms with E-state index < -0.39 is 0 Å². The van der Waals surface area contributed by atoms with Gasteiger partial charge in [-0.25, -0.2) is 0 Å². The lowest BCUT2D eigenvalue weighted by atomic mass is 9.89. The van der Waals surface area contributed by atoms with Crippen LogP contribution < -0.4 is 5.32 Å². The van der Waals surface area contributed by atoms with Crippen LogP contribution in [0.15, 0.2) is 12.1 Å². The monoisotopic (exact) mass is 189 g/mol. The number of aryl methyl sites for hydroxylation is 2. The third-order valence-corrected chi connectivity index (χ3v) is 2.99. The zero-order valence-corrected chi connectivity index (χ0v) is 8.63. The molecule has 0 aromatic heterocycles. The quantitative estimate of drug-likeness (QED) is 0.719. The van der Waals surface area contributed by atoms with Crippen LogP contribution in [0.25, 0.3) is 0 Å². The van der Waals surface area contributed by atoms with Crippen LogP contribution in [-0.2, 0) is 0 Å². The lowest BCUT2D eigenvalue weighted by Crippen LogP contribution is -2.39. The molecule has 2 rings (SSSR count). The number of nitrogens with one attached hydrogen (secondary N) is 1. The van der Waals surface area contributed by atoms with Gasteiger partial charge < -0.3 is 5.32 Å². The standard InChI is InChI=1S/C12H15NO/c1-8-3-10(11-5-13-6-11)4-9(2)12(8)7-14/h3-4,7,11,13H,5-6H2,1-2H3. The predicted octanol–water partition coefficient (Wildman–Crippen LogP) is 1.80. The number of hydrogen-bond donors (Lipinski definition) is 1. The summed E-state index contributed by atoms with van der Waals surface area (Å²) in [5.74, 6) is 0.646. The fourth-order valence-corrected chi connectivity index (χ4v) is 1.95. The molecule has 14 heavy (non-hydrogen) atoms. The summed E-state index contributed by atoms with van der Waals surface area (Å²) in [5.41, 5.74) is 4.41. The van der Waals surface area contributed by atoms with Gasteiger partial charge in [-0.15, -0.1) is 0 Å². The first-order chi connectivity index (χ1) is 6.72. The van der Waals surface area contributed by atoms with E-state index in [1.165, 1.54) is 5.56 Å². The average molecular weight is 189 g/mol. The lowest BCUT2D eigenvalue weighted by Gasteiger charge is -2.28. The number of benzene rings is 1. The molecule has 1 aliphatic heterocycles. The van der Waals surface area contributed by atoms with Gasteiger partial charge in [-0.05, 0) is 30.5 Å². The molecule has 0 spiro atoms. The molecule has 1 heterocycles. The normalized spacial score (nSPS) is 16.4. The van der Waals surface area contributed by atoms with Crippen LogP contribution in [0.5, 0.6) is 0 Å². The van der Waals surface area contributed by atoms with Gasteiger partial charge in [0.05, 0.1) is 0 Å². The molecule has 2 heteroatoms. The Morgan fingerprint density at radius 2 is 1.86 bits per heavy atom. The van der Waals surface area contributed by atoms with E-state index in [-0.39, 0.29) is 0 Å². The van der Waals surface area contributed by atoms with Crippen molar-refractivity contribution in [2.24, 2.45) is 0 Å². The van der Waals surface area contributed by atoms with Crippen molar-refractivity contribution in [1.29, 1.82) is 0 Å². The highest BCUT2D eigenvalue weighted by atomic mass is 16.1. The number of rotatable bonds is 2. The van der Waals surface area contributed by atoms with Crippen LogP contribution >= 0.6 is 0 Å². The van der Waals surface area contributed by atoms with Gasteiger partial charge in [0, 0.05) is 24.6 Å². The van der Waals surface area contributed by atoms with Crippen molar-refractivity contribution in [3.8, 4) is 0 Å². The van der Waals surface area contributed by atoms with E-state index in [2.05, 4.69) is 17.4 Å². The van der Waals surface area contributed by atoms with Crippen molar-refractivity contribution in [2.45, 2.75) is 19.8 Å². The Bertz CT molecular complexity index is 344. The van der Waals surface area contributed by atoms with Crippen LogP contribution in [0, 0.1) is 13.8 Å². The molecule has 1 fully saturated rings. The van der Waals surface area contributed by atoms with E-state index in [0.29, 0.717) is 5.92 Å². The molecule has 0 atom stereocenters. The first kappa shape index (κ1) is 9.41. The lowest BCUT2D eigenvalue weighted by molar-refractivity contribution is 0.112. The van der Waals surface area contributed by atoms with Crippen molar-refractivity contribution in [3.63, 3.8) is 0 Å². The third-order valence-electron chi connectivity index (χ3n) is 2.99. The Kier molecular flexibility index (Phi) is 2.38. The molecule has 0 radical (unpaired) electrons. The first-order valence-electron chi connectivity index (χ1n) is 4.99. The van der Waals surface area contributed by atoms with Crippen LogP contribution in [0.4, 0.5) is 0 Å². The van der Waals surface area contributed by atoms with Crippen molar-refractivity contribution >= 4 is 6.29 Å². The smallest absolute Gasteiger partial charge is 0.150 e. The Morgan fingerprint density at radius 1 is 1.29 bits per heavy atom. The number of carbonyl (C=O) groups excluding carboxylic acids is 1. The molecule has 0 unspecified atom stereocenters. The molecule has 1 aliphatic rings. The number of hydrogen-bond acceptors (Lipinski definition) is 2. The highest BCUT2D eigenvalue weighted by Crippen LogP contribution is 2.24. The Hall–Kier alpha value is -1.15. The van der Waals surface area contributed by atoms with E-state index in [0.717, 1.165) is 36.1 Å². The predicted molar refractivity (Wildman–Crippen MR) is 56.9 cm³/mol. The molecule has 2 nitrogen and oxygen atoms in total. The second kappa shape index (κ2) is 3.54. The van der Waals surface area contributed by atoms with E-state index >= 15 is 0 Å². The average Bonchev–Trinajstić information content (AvgIpc) is 2.00. The number of carbonyl (C=O) groups is 1. The molecular weight excluding hydrogens is 174 g/mol. The maximum absolute atomic E-state index is 10.8. The molecule has 1 aromatic carbocycles. The van der Waals surface area contributed by atoms with Gasteiger partial charge in [0.1, 0.15) is 0 Å². The zero-order chi connectivity index (χ0) is 10.1. The summed E-state index contributed by atoms with van der Waals surface area (Å²) in [6.45, 7) is 6.15. The van der Waals surface area contributed by atoms with Crippen molar-refractivity contribution < 1.29 is 4.79 Å². The van der Waals surface area contributed by atoms with Crippen LogP contribution in [0.1, 0.15) is 33.0 Å². The summed E-state index contributed by atoms with van der Waals surface area (Å²) >= 11 is 0. The second-order valence-electron chi connectivity index (χ2n) is 4.04. The largest absolute Gasteiger partial charge is 0.315 e. The summed E-state index contributed by atoms with van der Waals surface area (Å²) < 4.78 is 0. The van der Waals surface area contributed by atoms with Crippen LogP contribution in [0.2, 0.25) is 0 Å². The maximum atomic E-state index is 10.8. The van der Waals surface area contributed by atoms with Gasteiger partial charge in [-0.1, -0.05) is 12.1 Å². The SMILES string of the molecule is Cc1cc(C2CNC2)cc(C)c1C=O. The fraction of sp³-hybridized carbons (Fsp3) is 0.417. The molecule has 1 N–H and O–H groups in total. The first-order valence-corrected chi connectivity index (χ1v) is 4.99. The second-order valence-corrected chi connectivity index (χ2v) is 4.04. The van der Waals surface area contributed by atoms with Gasteiger partial charge in [0.2, 0.25) is 0 Å². The van der Waals surface area contributed by atoms with Crippen LogP contribution in [0.3, 0.4) is 0 Å². The number of aldehydes is 1.